The van der Waals surface area contributed by atoms with Crippen LogP contribution in [0.15, 0.2) is 29.4 Å². The summed E-state index contributed by atoms with van der Waals surface area (Å²) in [4.78, 5) is 0. The summed E-state index contributed by atoms with van der Waals surface area (Å²) in [5.41, 5.74) is 1.84. The fraction of sp³-hybridized carbons (Fsp3) is 0.300. The predicted octanol–water partition coefficient (Wildman–Crippen LogP) is 1.77. The average molecular weight is 178 g/mol. The summed E-state index contributed by atoms with van der Waals surface area (Å²) < 4.78 is 5.30. The van der Waals surface area contributed by atoms with E-state index in [-0.39, 0.29) is 0 Å². The zero-order chi connectivity index (χ0) is 9.68. The maximum Gasteiger partial charge on any atom is 0.119 e. The van der Waals surface area contributed by atoms with E-state index < -0.39 is 0 Å². The SMILES string of the molecule is CCOc1ccc(/C(C)=N\N)cc1. The first-order valence-electron chi connectivity index (χ1n) is 4.25. The van der Waals surface area contributed by atoms with Gasteiger partial charge in [0, 0.05) is 0 Å². The molecule has 3 heteroatoms. The van der Waals surface area contributed by atoms with Crippen LogP contribution in [0.2, 0.25) is 0 Å². The molecule has 0 amide bonds. The molecule has 0 heterocycles. The Kier molecular flexibility index (Phi) is 3.31. The van der Waals surface area contributed by atoms with E-state index in [1.165, 1.54) is 0 Å². The second-order valence-electron chi connectivity index (χ2n) is 2.67. The van der Waals surface area contributed by atoms with Crippen LogP contribution in [0.4, 0.5) is 0 Å². The Morgan fingerprint density at radius 3 is 2.46 bits per heavy atom. The number of nitrogens with two attached hydrogens (primary N) is 1. The summed E-state index contributed by atoms with van der Waals surface area (Å²) in [6.07, 6.45) is 0. The first kappa shape index (κ1) is 9.58. The van der Waals surface area contributed by atoms with Gasteiger partial charge in [0.15, 0.2) is 0 Å². The summed E-state index contributed by atoms with van der Waals surface area (Å²) in [6.45, 7) is 4.51. The van der Waals surface area contributed by atoms with E-state index in [1.54, 1.807) is 0 Å². The zero-order valence-corrected chi connectivity index (χ0v) is 7.95. The number of hydrazone groups is 1. The van der Waals surface area contributed by atoms with E-state index in [4.69, 9.17) is 10.6 Å². The van der Waals surface area contributed by atoms with Crippen molar-refractivity contribution in [1.82, 2.24) is 0 Å². The molecule has 0 unspecified atom stereocenters. The molecule has 13 heavy (non-hydrogen) atoms. The summed E-state index contributed by atoms with van der Waals surface area (Å²) in [5.74, 6) is 6.03. The van der Waals surface area contributed by atoms with Gasteiger partial charge in [-0.1, -0.05) is 0 Å². The van der Waals surface area contributed by atoms with Crippen molar-refractivity contribution in [2.24, 2.45) is 10.9 Å². The van der Waals surface area contributed by atoms with Gasteiger partial charge >= 0.3 is 0 Å². The molecule has 0 aromatic heterocycles. The molecule has 0 radical (unpaired) electrons. The highest BCUT2D eigenvalue weighted by atomic mass is 16.5. The molecule has 1 aromatic rings. The molecular formula is C10H14N2O. The van der Waals surface area contributed by atoms with Crippen molar-refractivity contribution in [1.29, 1.82) is 0 Å². The van der Waals surface area contributed by atoms with Crippen LogP contribution >= 0.6 is 0 Å². The number of benzene rings is 1. The first-order chi connectivity index (χ1) is 6.27. The van der Waals surface area contributed by atoms with Crippen molar-refractivity contribution in [2.45, 2.75) is 13.8 Å². The molecule has 0 fully saturated rings. The van der Waals surface area contributed by atoms with E-state index >= 15 is 0 Å². The molecule has 0 spiro atoms. The van der Waals surface area contributed by atoms with Gasteiger partial charge in [-0.2, -0.15) is 5.10 Å². The van der Waals surface area contributed by atoms with Gasteiger partial charge in [0.2, 0.25) is 0 Å². The van der Waals surface area contributed by atoms with Crippen LogP contribution in [0.25, 0.3) is 0 Å². The maximum atomic E-state index is 5.30. The molecule has 0 bridgehead atoms. The van der Waals surface area contributed by atoms with Crippen molar-refractivity contribution < 1.29 is 4.74 Å². The third kappa shape index (κ3) is 2.47. The third-order valence-corrected chi connectivity index (χ3v) is 1.78. The van der Waals surface area contributed by atoms with E-state index in [1.807, 2.05) is 38.1 Å². The second-order valence-corrected chi connectivity index (χ2v) is 2.67. The topological polar surface area (TPSA) is 47.6 Å². The van der Waals surface area contributed by atoms with Crippen LogP contribution in [-0.4, -0.2) is 12.3 Å². The first-order valence-corrected chi connectivity index (χ1v) is 4.25. The molecule has 3 nitrogen and oxygen atoms in total. The van der Waals surface area contributed by atoms with Crippen molar-refractivity contribution in [3.8, 4) is 5.75 Å². The lowest BCUT2D eigenvalue weighted by Gasteiger charge is -2.03. The molecule has 0 atom stereocenters. The van der Waals surface area contributed by atoms with Gasteiger partial charge in [-0.3, -0.25) is 0 Å². The van der Waals surface area contributed by atoms with Crippen molar-refractivity contribution in [3.63, 3.8) is 0 Å². The Balaban J connectivity index is 2.81. The second kappa shape index (κ2) is 4.50. The lowest BCUT2D eigenvalue weighted by molar-refractivity contribution is 0.340. The Hall–Kier alpha value is -1.51. The fourth-order valence-corrected chi connectivity index (χ4v) is 1.03. The molecule has 0 aliphatic carbocycles. The summed E-state index contributed by atoms with van der Waals surface area (Å²) >= 11 is 0. The Bertz CT molecular complexity index is 290. The molecule has 0 saturated carbocycles. The quantitative estimate of drug-likeness (QED) is 0.435. The molecular weight excluding hydrogens is 164 g/mol. The van der Waals surface area contributed by atoms with E-state index in [0.29, 0.717) is 6.61 Å². The number of nitrogens with zero attached hydrogens (tertiary/aromatic N) is 1. The normalized spacial score (nSPS) is 11.4. The molecule has 0 aliphatic heterocycles. The Labute approximate surface area is 78.2 Å². The monoisotopic (exact) mass is 178 g/mol. The van der Waals surface area contributed by atoms with Gasteiger partial charge < -0.3 is 10.6 Å². The van der Waals surface area contributed by atoms with Crippen molar-refractivity contribution in [2.75, 3.05) is 6.61 Å². The highest BCUT2D eigenvalue weighted by Crippen LogP contribution is 2.12. The highest BCUT2D eigenvalue weighted by Gasteiger charge is 1.96. The van der Waals surface area contributed by atoms with Crippen molar-refractivity contribution >= 4 is 5.71 Å². The third-order valence-electron chi connectivity index (χ3n) is 1.78. The van der Waals surface area contributed by atoms with Crippen molar-refractivity contribution in [3.05, 3.63) is 29.8 Å². The number of hydrogen-bond donors (Lipinski definition) is 1. The molecule has 0 aliphatic rings. The van der Waals surface area contributed by atoms with E-state index in [2.05, 4.69) is 5.10 Å². The Morgan fingerprint density at radius 2 is 2.00 bits per heavy atom. The van der Waals surface area contributed by atoms with Crippen LogP contribution in [0.3, 0.4) is 0 Å². The largest absolute Gasteiger partial charge is 0.494 e. The Morgan fingerprint density at radius 1 is 1.38 bits per heavy atom. The van der Waals surface area contributed by atoms with Gasteiger partial charge in [-0.25, -0.2) is 0 Å². The minimum Gasteiger partial charge on any atom is -0.494 e. The fourth-order valence-electron chi connectivity index (χ4n) is 1.03. The predicted molar refractivity (Wildman–Crippen MR) is 54.0 cm³/mol. The summed E-state index contributed by atoms with van der Waals surface area (Å²) in [7, 11) is 0. The van der Waals surface area contributed by atoms with Gasteiger partial charge in [0.25, 0.3) is 0 Å². The maximum absolute atomic E-state index is 5.30. The highest BCUT2D eigenvalue weighted by molar-refractivity contribution is 5.98. The van der Waals surface area contributed by atoms with Crippen LogP contribution in [0.1, 0.15) is 19.4 Å². The zero-order valence-electron chi connectivity index (χ0n) is 7.95. The smallest absolute Gasteiger partial charge is 0.119 e. The molecule has 1 aromatic carbocycles. The molecule has 2 N–H and O–H groups in total. The van der Waals surface area contributed by atoms with Crippen LogP contribution < -0.4 is 10.6 Å². The van der Waals surface area contributed by atoms with Crippen LogP contribution in [0, 0.1) is 0 Å². The summed E-state index contributed by atoms with van der Waals surface area (Å²) in [6, 6.07) is 7.70. The van der Waals surface area contributed by atoms with E-state index in [9.17, 15) is 0 Å². The van der Waals surface area contributed by atoms with Gasteiger partial charge in [0.05, 0.1) is 12.3 Å². The van der Waals surface area contributed by atoms with Crippen LogP contribution in [0.5, 0.6) is 5.75 Å². The lowest BCUT2D eigenvalue weighted by Crippen LogP contribution is -1.98. The number of hydrogen-bond acceptors (Lipinski definition) is 3. The molecule has 70 valence electrons. The summed E-state index contributed by atoms with van der Waals surface area (Å²) in [5, 5.41) is 3.61. The van der Waals surface area contributed by atoms with E-state index in [0.717, 1.165) is 17.0 Å². The minimum absolute atomic E-state index is 0.684. The van der Waals surface area contributed by atoms with Crippen LogP contribution in [-0.2, 0) is 0 Å². The number of rotatable bonds is 3. The molecule has 1 rings (SSSR count). The number of ether oxygens (including phenoxy) is 1. The molecule has 0 saturated heterocycles. The minimum atomic E-state index is 0.684. The van der Waals surface area contributed by atoms with Gasteiger partial charge in [0.1, 0.15) is 5.75 Å². The lowest BCUT2D eigenvalue weighted by atomic mass is 10.1. The van der Waals surface area contributed by atoms with Gasteiger partial charge in [-0.15, -0.1) is 0 Å². The standard InChI is InChI=1S/C10H14N2O/c1-3-13-10-6-4-9(5-7-10)8(2)12-11/h4-7H,3,11H2,1-2H3/b12-8-. The van der Waals surface area contributed by atoms with Gasteiger partial charge in [-0.05, 0) is 43.7 Å². The average Bonchev–Trinajstić information content (AvgIpc) is 2.18.